The minimum absolute atomic E-state index is 0.0800. The summed E-state index contributed by atoms with van der Waals surface area (Å²) in [7, 11) is 1.63. The second-order valence-corrected chi connectivity index (χ2v) is 7.67. The first-order valence-corrected chi connectivity index (χ1v) is 9.86. The van der Waals surface area contributed by atoms with E-state index in [9.17, 15) is 4.79 Å². The second kappa shape index (κ2) is 8.54. The van der Waals surface area contributed by atoms with E-state index in [1.54, 1.807) is 13.4 Å². The van der Waals surface area contributed by atoms with Crippen LogP contribution in [0.2, 0.25) is 0 Å². The molecular formula is C18H17IN4O2S. The summed E-state index contributed by atoms with van der Waals surface area (Å²) in [6, 6.07) is 13.5. The number of halogens is 1. The highest BCUT2D eigenvalue weighted by Gasteiger charge is 2.11. The fourth-order valence-corrected chi connectivity index (χ4v) is 3.70. The molecule has 0 unspecified atom stereocenters. The number of rotatable bonds is 6. The molecule has 0 aliphatic rings. The molecule has 0 aliphatic heterocycles. The quantitative estimate of drug-likeness (QED) is 0.428. The Morgan fingerprint density at radius 2 is 2.04 bits per heavy atom. The number of carbonyl (C=O) groups excluding carboxylic acids is 1. The number of amides is 1. The molecule has 0 saturated heterocycles. The zero-order chi connectivity index (χ0) is 18.5. The fourth-order valence-electron chi connectivity index (χ4n) is 2.33. The van der Waals surface area contributed by atoms with Crippen molar-refractivity contribution in [1.29, 1.82) is 0 Å². The van der Waals surface area contributed by atoms with Gasteiger partial charge in [-0.15, -0.1) is 10.2 Å². The zero-order valence-electron chi connectivity index (χ0n) is 14.3. The SMILES string of the molecule is COc1ccc(-n2cnnc2SCC(=O)Nc2ccc(I)cc2C)cc1. The number of methoxy groups -OCH3 is 1. The summed E-state index contributed by atoms with van der Waals surface area (Å²) in [5, 5.41) is 11.7. The molecule has 3 rings (SSSR count). The van der Waals surface area contributed by atoms with Gasteiger partial charge in [-0.3, -0.25) is 9.36 Å². The number of nitrogens with zero attached hydrogens (tertiary/aromatic N) is 3. The molecule has 1 amide bonds. The first-order valence-electron chi connectivity index (χ1n) is 7.80. The monoisotopic (exact) mass is 480 g/mol. The largest absolute Gasteiger partial charge is 0.497 e. The lowest BCUT2D eigenvalue weighted by atomic mass is 10.2. The maximum atomic E-state index is 12.3. The minimum atomic E-state index is -0.0800. The van der Waals surface area contributed by atoms with Gasteiger partial charge in [-0.2, -0.15) is 0 Å². The maximum Gasteiger partial charge on any atom is 0.234 e. The van der Waals surface area contributed by atoms with Crippen LogP contribution in [0.1, 0.15) is 5.56 Å². The van der Waals surface area contributed by atoms with Gasteiger partial charge in [0.15, 0.2) is 5.16 Å². The highest BCUT2D eigenvalue weighted by Crippen LogP contribution is 2.22. The van der Waals surface area contributed by atoms with Crippen LogP contribution in [0, 0.1) is 10.5 Å². The molecule has 134 valence electrons. The Labute approximate surface area is 169 Å². The number of carbonyl (C=O) groups is 1. The van der Waals surface area contributed by atoms with Gasteiger partial charge >= 0.3 is 0 Å². The number of anilines is 1. The van der Waals surface area contributed by atoms with Gasteiger partial charge in [0.05, 0.1) is 12.9 Å². The third-order valence-electron chi connectivity index (χ3n) is 3.66. The lowest BCUT2D eigenvalue weighted by molar-refractivity contribution is -0.113. The van der Waals surface area contributed by atoms with Gasteiger partial charge in [-0.05, 0) is 77.5 Å². The van der Waals surface area contributed by atoms with Crippen LogP contribution in [0.3, 0.4) is 0 Å². The van der Waals surface area contributed by atoms with E-state index in [0.29, 0.717) is 5.16 Å². The van der Waals surface area contributed by atoms with Gasteiger partial charge in [-0.25, -0.2) is 0 Å². The molecule has 6 nitrogen and oxygen atoms in total. The van der Waals surface area contributed by atoms with Crippen LogP contribution in [0.25, 0.3) is 5.69 Å². The molecule has 0 bridgehead atoms. The van der Waals surface area contributed by atoms with Crippen molar-refractivity contribution in [2.75, 3.05) is 18.2 Å². The number of thioether (sulfide) groups is 1. The van der Waals surface area contributed by atoms with E-state index in [-0.39, 0.29) is 11.7 Å². The summed E-state index contributed by atoms with van der Waals surface area (Å²) in [5.74, 6) is 0.951. The number of nitrogens with one attached hydrogen (secondary N) is 1. The van der Waals surface area contributed by atoms with Crippen LogP contribution < -0.4 is 10.1 Å². The summed E-state index contributed by atoms with van der Waals surface area (Å²) >= 11 is 3.59. The molecule has 0 fully saturated rings. The molecule has 26 heavy (non-hydrogen) atoms. The number of benzene rings is 2. The van der Waals surface area contributed by atoms with Crippen LogP contribution in [-0.4, -0.2) is 33.5 Å². The minimum Gasteiger partial charge on any atom is -0.497 e. The predicted molar refractivity (Wildman–Crippen MR) is 111 cm³/mol. The predicted octanol–water partition coefficient (Wildman–Crippen LogP) is 3.92. The van der Waals surface area contributed by atoms with E-state index in [0.717, 1.165) is 26.3 Å². The van der Waals surface area contributed by atoms with Crippen molar-refractivity contribution in [3.8, 4) is 11.4 Å². The van der Waals surface area contributed by atoms with E-state index >= 15 is 0 Å². The molecule has 1 N–H and O–H groups in total. The molecule has 1 aromatic heterocycles. The van der Waals surface area contributed by atoms with Gasteiger partial charge in [0.1, 0.15) is 12.1 Å². The van der Waals surface area contributed by atoms with Crippen molar-refractivity contribution < 1.29 is 9.53 Å². The van der Waals surface area contributed by atoms with Crippen LogP contribution in [-0.2, 0) is 4.79 Å². The van der Waals surface area contributed by atoms with E-state index in [2.05, 4.69) is 38.1 Å². The standard InChI is InChI=1S/C18H17IN4O2S/c1-12-9-13(19)3-8-16(12)21-17(24)10-26-18-22-20-11-23(18)14-4-6-15(25-2)7-5-14/h3-9,11H,10H2,1-2H3,(H,21,24). The molecular weight excluding hydrogens is 463 g/mol. The third-order valence-corrected chi connectivity index (χ3v) is 5.28. The Bertz CT molecular complexity index is 912. The third kappa shape index (κ3) is 4.55. The lowest BCUT2D eigenvalue weighted by Gasteiger charge is -2.09. The molecule has 0 spiro atoms. The van der Waals surface area contributed by atoms with Crippen LogP contribution >= 0.6 is 34.4 Å². The average molecular weight is 480 g/mol. The van der Waals surface area contributed by atoms with Crippen LogP contribution in [0.4, 0.5) is 5.69 Å². The molecule has 0 saturated carbocycles. The summed E-state index contributed by atoms with van der Waals surface area (Å²) in [6.07, 6.45) is 1.63. The fraction of sp³-hybridized carbons (Fsp3) is 0.167. The van der Waals surface area contributed by atoms with E-state index in [1.165, 1.54) is 11.8 Å². The van der Waals surface area contributed by atoms with Crippen molar-refractivity contribution in [1.82, 2.24) is 14.8 Å². The highest BCUT2D eigenvalue weighted by molar-refractivity contribution is 14.1. The maximum absolute atomic E-state index is 12.3. The molecule has 0 radical (unpaired) electrons. The Morgan fingerprint density at radius 3 is 2.73 bits per heavy atom. The smallest absolute Gasteiger partial charge is 0.234 e. The van der Waals surface area contributed by atoms with Gasteiger partial charge in [0.2, 0.25) is 5.91 Å². The van der Waals surface area contributed by atoms with E-state index in [4.69, 9.17) is 4.74 Å². The first kappa shape index (κ1) is 18.7. The Hall–Kier alpha value is -2.07. The van der Waals surface area contributed by atoms with E-state index in [1.807, 2.05) is 54.0 Å². The Morgan fingerprint density at radius 1 is 1.27 bits per heavy atom. The van der Waals surface area contributed by atoms with Gasteiger partial charge in [0.25, 0.3) is 0 Å². The first-order chi connectivity index (χ1) is 12.6. The number of aryl methyl sites for hydroxylation is 1. The van der Waals surface area contributed by atoms with Crippen LogP contribution in [0.15, 0.2) is 53.9 Å². The Balaban J connectivity index is 1.64. The van der Waals surface area contributed by atoms with Gasteiger partial charge in [-0.1, -0.05) is 11.8 Å². The van der Waals surface area contributed by atoms with Crippen molar-refractivity contribution >= 4 is 45.9 Å². The second-order valence-electron chi connectivity index (χ2n) is 5.48. The molecule has 0 atom stereocenters. The van der Waals surface area contributed by atoms with Gasteiger partial charge < -0.3 is 10.1 Å². The topological polar surface area (TPSA) is 69.0 Å². The lowest BCUT2D eigenvalue weighted by Crippen LogP contribution is -2.15. The number of hydrogen-bond acceptors (Lipinski definition) is 5. The van der Waals surface area contributed by atoms with Crippen molar-refractivity contribution in [2.24, 2.45) is 0 Å². The highest BCUT2D eigenvalue weighted by atomic mass is 127. The van der Waals surface area contributed by atoms with Crippen molar-refractivity contribution in [3.05, 3.63) is 57.9 Å². The van der Waals surface area contributed by atoms with Crippen molar-refractivity contribution in [2.45, 2.75) is 12.1 Å². The number of aromatic nitrogens is 3. The normalized spacial score (nSPS) is 10.6. The van der Waals surface area contributed by atoms with Crippen molar-refractivity contribution in [3.63, 3.8) is 0 Å². The van der Waals surface area contributed by atoms with Crippen LogP contribution in [0.5, 0.6) is 5.75 Å². The molecule has 2 aromatic carbocycles. The Kier molecular flexibility index (Phi) is 6.15. The molecule has 3 aromatic rings. The summed E-state index contributed by atoms with van der Waals surface area (Å²) in [4.78, 5) is 12.3. The van der Waals surface area contributed by atoms with E-state index < -0.39 is 0 Å². The number of ether oxygens (including phenoxy) is 1. The molecule has 1 heterocycles. The summed E-state index contributed by atoms with van der Waals surface area (Å²) in [6.45, 7) is 1.98. The molecule has 8 heteroatoms. The molecule has 0 aliphatic carbocycles. The zero-order valence-corrected chi connectivity index (χ0v) is 17.2. The summed E-state index contributed by atoms with van der Waals surface area (Å²) < 4.78 is 8.15. The average Bonchev–Trinajstić information content (AvgIpc) is 3.11. The number of hydrogen-bond donors (Lipinski definition) is 1. The summed E-state index contributed by atoms with van der Waals surface area (Å²) in [5.41, 5.74) is 2.77. The van der Waals surface area contributed by atoms with Gasteiger partial charge in [0, 0.05) is 14.9 Å².